The number of hydrogen-bond donors (Lipinski definition) is 0. The highest BCUT2D eigenvalue weighted by Gasteiger charge is 2.59. The fourth-order valence-electron chi connectivity index (χ4n) is 4.22. The minimum Gasteiger partial charge on any atom is -0.497 e. The second-order valence-electron chi connectivity index (χ2n) is 6.14. The van der Waals surface area contributed by atoms with Gasteiger partial charge in [0.2, 0.25) is 0 Å². The molecule has 4 nitrogen and oxygen atoms in total. The summed E-state index contributed by atoms with van der Waals surface area (Å²) in [5.74, 6) is 1.12. The van der Waals surface area contributed by atoms with Gasteiger partial charge in [-0.25, -0.2) is 0 Å². The summed E-state index contributed by atoms with van der Waals surface area (Å²) in [5.41, 5.74) is 0.842. The minimum atomic E-state index is -0.417. The number of methoxy groups -OCH3 is 2. The van der Waals surface area contributed by atoms with Gasteiger partial charge in [0.05, 0.1) is 14.2 Å². The number of nitrogens with zero attached hydrogens (tertiary/aromatic N) is 1. The Morgan fingerprint density at radius 1 is 1.29 bits per heavy atom. The van der Waals surface area contributed by atoms with Crippen LogP contribution >= 0.6 is 0 Å². The standard InChI is InChI=1S/C17H23NO3/c1-12-11-15(13-5-7-14(20-2)8-6-13)18-10-4-9-17(12,18)16(19)21-3/h5-8,12,15H,4,9-11H2,1-3H3. The van der Waals surface area contributed by atoms with Crippen LogP contribution in [0.3, 0.4) is 0 Å². The summed E-state index contributed by atoms with van der Waals surface area (Å²) < 4.78 is 10.4. The van der Waals surface area contributed by atoms with Crippen LogP contribution < -0.4 is 4.74 Å². The molecule has 4 heteroatoms. The van der Waals surface area contributed by atoms with Gasteiger partial charge in [-0.05, 0) is 49.4 Å². The SMILES string of the molecule is COC(=O)C12CCCN1C(c1ccc(OC)cc1)CC2C. The Hall–Kier alpha value is -1.55. The third-order valence-electron chi connectivity index (χ3n) is 5.28. The van der Waals surface area contributed by atoms with Gasteiger partial charge >= 0.3 is 5.97 Å². The van der Waals surface area contributed by atoms with Gasteiger partial charge in [0.25, 0.3) is 0 Å². The molecule has 114 valence electrons. The number of carbonyl (C=O) groups excluding carboxylic acids is 1. The molecule has 0 aliphatic carbocycles. The van der Waals surface area contributed by atoms with Gasteiger partial charge in [-0.1, -0.05) is 19.1 Å². The van der Waals surface area contributed by atoms with Gasteiger partial charge in [-0.15, -0.1) is 0 Å². The number of fused-ring (bicyclic) bond motifs is 1. The Kier molecular flexibility index (Phi) is 3.66. The average molecular weight is 289 g/mol. The lowest BCUT2D eigenvalue weighted by Crippen LogP contribution is -2.50. The van der Waals surface area contributed by atoms with Gasteiger partial charge in [-0.3, -0.25) is 9.69 Å². The van der Waals surface area contributed by atoms with E-state index >= 15 is 0 Å². The van der Waals surface area contributed by atoms with Crippen molar-refractivity contribution in [3.05, 3.63) is 29.8 Å². The van der Waals surface area contributed by atoms with E-state index in [1.54, 1.807) is 7.11 Å². The highest BCUT2D eigenvalue weighted by atomic mass is 16.5. The molecule has 3 atom stereocenters. The van der Waals surface area contributed by atoms with Crippen LogP contribution in [0, 0.1) is 5.92 Å². The van der Waals surface area contributed by atoms with E-state index in [0.717, 1.165) is 31.6 Å². The Balaban J connectivity index is 1.93. The maximum Gasteiger partial charge on any atom is 0.326 e. The minimum absolute atomic E-state index is 0.0662. The summed E-state index contributed by atoms with van der Waals surface area (Å²) >= 11 is 0. The van der Waals surface area contributed by atoms with E-state index in [4.69, 9.17) is 9.47 Å². The topological polar surface area (TPSA) is 38.8 Å². The molecule has 2 aliphatic rings. The fourth-order valence-corrected chi connectivity index (χ4v) is 4.22. The zero-order valence-electron chi connectivity index (χ0n) is 13.0. The fraction of sp³-hybridized carbons (Fsp3) is 0.588. The Labute approximate surface area is 126 Å². The van der Waals surface area contributed by atoms with Crippen LogP contribution in [0.4, 0.5) is 0 Å². The summed E-state index contributed by atoms with van der Waals surface area (Å²) in [6, 6.07) is 8.51. The first-order valence-electron chi connectivity index (χ1n) is 7.62. The van der Waals surface area contributed by atoms with Crippen molar-refractivity contribution in [3.8, 4) is 5.75 Å². The number of benzene rings is 1. The lowest BCUT2D eigenvalue weighted by molar-refractivity contribution is -0.154. The molecule has 1 aromatic carbocycles. The van der Waals surface area contributed by atoms with Crippen LogP contribution in [-0.4, -0.2) is 37.2 Å². The first kappa shape index (κ1) is 14.4. The van der Waals surface area contributed by atoms with Crippen molar-refractivity contribution < 1.29 is 14.3 Å². The van der Waals surface area contributed by atoms with Crippen LogP contribution in [0.15, 0.2) is 24.3 Å². The van der Waals surface area contributed by atoms with Gasteiger partial charge in [0.15, 0.2) is 0 Å². The van der Waals surface area contributed by atoms with Gasteiger partial charge in [-0.2, -0.15) is 0 Å². The van der Waals surface area contributed by atoms with E-state index < -0.39 is 5.54 Å². The molecule has 0 saturated carbocycles. The molecule has 0 N–H and O–H groups in total. The van der Waals surface area contributed by atoms with Crippen molar-refractivity contribution in [1.82, 2.24) is 4.90 Å². The van der Waals surface area contributed by atoms with Crippen molar-refractivity contribution in [2.75, 3.05) is 20.8 Å². The molecule has 0 bridgehead atoms. The average Bonchev–Trinajstić information content (AvgIpc) is 3.07. The molecule has 0 spiro atoms. The predicted molar refractivity (Wildman–Crippen MR) is 80.2 cm³/mol. The summed E-state index contributed by atoms with van der Waals surface area (Å²) in [5, 5.41) is 0. The number of hydrogen-bond acceptors (Lipinski definition) is 4. The Morgan fingerprint density at radius 2 is 2.00 bits per heavy atom. The molecule has 2 heterocycles. The molecule has 1 aromatic rings. The third-order valence-corrected chi connectivity index (χ3v) is 5.28. The summed E-state index contributed by atoms with van der Waals surface area (Å²) in [7, 11) is 3.18. The van der Waals surface area contributed by atoms with Gasteiger partial charge in [0.1, 0.15) is 11.3 Å². The predicted octanol–water partition coefficient (Wildman–Crippen LogP) is 2.78. The van der Waals surface area contributed by atoms with Crippen molar-refractivity contribution in [3.63, 3.8) is 0 Å². The second kappa shape index (κ2) is 5.34. The Morgan fingerprint density at radius 3 is 2.62 bits per heavy atom. The highest BCUT2D eigenvalue weighted by molar-refractivity contribution is 5.82. The highest BCUT2D eigenvalue weighted by Crippen LogP contribution is 2.52. The summed E-state index contributed by atoms with van der Waals surface area (Å²) in [6.07, 6.45) is 2.97. The van der Waals surface area contributed by atoms with E-state index in [1.165, 1.54) is 12.7 Å². The van der Waals surface area contributed by atoms with Crippen LogP contribution in [-0.2, 0) is 9.53 Å². The van der Waals surface area contributed by atoms with Crippen LogP contribution in [0.1, 0.15) is 37.8 Å². The van der Waals surface area contributed by atoms with E-state index in [1.807, 2.05) is 12.1 Å². The maximum absolute atomic E-state index is 12.4. The normalized spacial score (nSPS) is 32.0. The molecular weight excluding hydrogens is 266 g/mol. The van der Waals surface area contributed by atoms with Crippen molar-refractivity contribution in [2.24, 2.45) is 5.92 Å². The monoisotopic (exact) mass is 289 g/mol. The molecule has 3 rings (SSSR count). The van der Waals surface area contributed by atoms with Crippen molar-refractivity contribution in [1.29, 1.82) is 0 Å². The molecule has 2 saturated heterocycles. The number of carbonyl (C=O) groups is 1. The first-order chi connectivity index (χ1) is 10.1. The van der Waals surface area contributed by atoms with Crippen LogP contribution in [0.2, 0.25) is 0 Å². The molecular formula is C17H23NO3. The third kappa shape index (κ3) is 2.04. The van der Waals surface area contributed by atoms with Crippen molar-refractivity contribution in [2.45, 2.75) is 37.8 Å². The Bertz CT molecular complexity index is 527. The molecule has 3 unspecified atom stereocenters. The van der Waals surface area contributed by atoms with Crippen LogP contribution in [0.5, 0.6) is 5.75 Å². The summed E-state index contributed by atoms with van der Waals surface area (Å²) in [4.78, 5) is 14.8. The number of ether oxygens (including phenoxy) is 2. The quantitative estimate of drug-likeness (QED) is 0.802. The molecule has 2 aliphatic heterocycles. The molecule has 2 fully saturated rings. The summed E-state index contributed by atoms with van der Waals surface area (Å²) in [6.45, 7) is 3.15. The molecule has 21 heavy (non-hydrogen) atoms. The lowest BCUT2D eigenvalue weighted by atomic mass is 9.84. The van der Waals surface area contributed by atoms with Crippen molar-refractivity contribution >= 4 is 5.97 Å². The number of rotatable bonds is 3. The lowest BCUT2D eigenvalue weighted by Gasteiger charge is -2.34. The van der Waals surface area contributed by atoms with E-state index in [9.17, 15) is 4.79 Å². The van der Waals surface area contributed by atoms with E-state index in [0.29, 0.717) is 12.0 Å². The smallest absolute Gasteiger partial charge is 0.326 e. The molecule has 0 aromatic heterocycles. The zero-order chi connectivity index (χ0) is 15.0. The largest absolute Gasteiger partial charge is 0.497 e. The van der Waals surface area contributed by atoms with E-state index in [2.05, 4.69) is 24.0 Å². The zero-order valence-corrected chi connectivity index (χ0v) is 13.0. The second-order valence-corrected chi connectivity index (χ2v) is 6.14. The van der Waals surface area contributed by atoms with Gasteiger partial charge in [0, 0.05) is 6.04 Å². The molecule has 0 amide bonds. The van der Waals surface area contributed by atoms with Gasteiger partial charge < -0.3 is 9.47 Å². The van der Waals surface area contributed by atoms with E-state index in [-0.39, 0.29) is 5.97 Å². The van der Waals surface area contributed by atoms with Crippen LogP contribution in [0.25, 0.3) is 0 Å². The first-order valence-corrected chi connectivity index (χ1v) is 7.62. The molecule has 0 radical (unpaired) electrons. The maximum atomic E-state index is 12.4. The number of esters is 1.